The second-order valence-corrected chi connectivity index (χ2v) is 6.34. The van der Waals surface area contributed by atoms with E-state index in [0.717, 1.165) is 24.2 Å². The highest BCUT2D eigenvalue weighted by molar-refractivity contribution is 7.20. The first-order valence-electron chi connectivity index (χ1n) is 6.99. The molecule has 0 spiro atoms. The number of hydrogen-bond acceptors (Lipinski definition) is 4. The maximum Gasteiger partial charge on any atom is 0.346 e. The number of aromatic nitrogens is 2. The van der Waals surface area contributed by atoms with Gasteiger partial charge in [-0.05, 0) is 38.2 Å². The molecule has 2 aromatic heterocycles. The van der Waals surface area contributed by atoms with Crippen LogP contribution in [0.4, 0.5) is 0 Å². The summed E-state index contributed by atoms with van der Waals surface area (Å²) < 4.78 is 0. The SMILES string of the molecule is Cc1c(C(=O)O)sc2nc(CC3=CCCCC3)[nH]c(=O)c12. The van der Waals surface area contributed by atoms with E-state index in [2.05, 4.69) is 16.0 Å². The van der Waals surface area contributed by atoms with Crippen LogP contribution in [0.2, 0.25) is 0 Å². The zero-order valence-corrected chi connectivity index (χ0v) is 12.5. The van der Waals surface area contributed by atoms with Crippen LogP contribution < -0.4 is 5.56 Å². The molecule has 0 bridgehead atoms. The highest BCUT2D eigenvalue weighted by Gasteiger charge is 2.18. The predicted octanol–water partition coefficient (Wildman–Crippen LogP) is 3.03. The summed E-state index contributed by atoms with van der Waals surface area (Å²) in [4.78, 5) is 31.3. The largest absolute Gasteiger partial charge is 0.477 e. The summed E-state index contributed by atoms with van der Waals surface area (Å²) >= 11 is 1.07. The van der Waals surface area contributed by atoms with Crippen LogP contribution in [0.1, 0.15) is 46.7 Å². The van der Waals surface area contributed by atoms with Crippen LogP contribution in [-0.2, 0) is 6.42 Å². The van der Waals surface area contributed by atoms with Gasteiger partial charge in [-0.2, -0.15) is 0 Å². The third-order valence-electron chi connectivity index (χ3n) is 3.82. The van der Waals surface area contributed by atoms with Crippen molar-refractivity contribution >= 4 is 27.5 Å². The standard InChI is InChI=1S/C15H16N2O3S/c1-8-11-13(18)16-10(7-9-5-3-2-4-6-9)17-14(11)21-12(8)15(19)20/h5H,2-4,6-7H2,1H3,(H,19,20)(H,16,17,18). The Morgan fingerprint density at radius 3 is 2.95 bits per heavy atom. The molecule has 6 heteroatoms. The fourth-order valence-electron chi connectivity index (χ4n) is 2.76. The molecule has 0 radical (unpaired) electrons. The molecule has 1 aliphatic carbocycles. The van der Waals surface area contributed by atoms with Crippen LogP contribution in [-0.4, -0.2) is 21.0 Å². The zero-order chi connectivity index (χ0) is 15.0. The number of carbonyl (C=O) groups is 1. The molecule has 0 saturated carbocycles. The fraction of sp³-hybridized carbons (Fsp3) is 0.400. The van der Waals surface area contributed by atoms with Gasteiger partial charge >= 0.3 is 5.97 Å². The number of nitrogens with zero attached hydrogens (tertiary/aromatic N) is 1. The van der Waals surface area contributed by atoms with E-state index in [0.29, 0.717) is 28.0 Å². The van der Waals surface area contributed by atoms with Gasteiger partial charge in [-0.1, -0.05) is 11.6 Å². The lowest BCUT2D eigenvalue weighted by atomic mass is 9.97. The van der Waals surface area contributed by atoms with Crippen molar-refractivity contribution in [3.05, 3.63) is 38.3 Å². The summed E-state index contributed by atoms with van der Waals surface area (Å²) in [5.74, 6) is -0.384. The first-order chi connectivity index (χ1) is 10.1. The number of aryl methyl sites for hydroxylation is 1. The van der Waals surface area contributed by atoms with Gasteiger partial charge in [-0.3, -0.25) is 4.79 Å². The van der Waals surface area contributed by atoms with Gasteiger partial charge in [-0.15, -0.1) is 11.3 Å². The highest BCUT2D eigenvalue weighted by atomic mass is 32.1. The third kappa shape index (κ3) is 2.63. The summed E-state index contributed by atoms with van der Waals surface area (Å²) in [6, 6.07) is 0. The lowest BCUT2D eigenvalue weighted by Gasteiger charge is -2.11. The van der Waals surface area contributed by atoms with Gasteiger partial charge in [0.2, 0.25) is 0 Å². The van der Waals surface area contributed by atoms with Gasteiger partial charge in [0, 0.05) is 6.42 Å². The molecule has 21 heavy (non-hydrogen) atoms. The second-order valence-electron chi connectivity index (χ2n) is 5.34. The smallest absolute Gasteiger partial charge is 0.346 e. The van der Waals surface area contributed by atoms with Gasteiger partial charge in [0.05, 0.1) is 5.39 Å². The Bertz CT molecular complexity index is 801. The van der Waals surface area contributed by atoms with E-state index < -0.39 is 5.97 Å². The molecule has 3 rings (SSSR count). The van der Waals surface area contributed by atoms with Gasteiger partial charge < -0.3 is 10.1 Å². The number of carboxylic acids is 1. The minimum atomic E-state index is -1.01. The molecule has 2 N–H and O–H groups in total. The summed E-state index contributed by atoms with van der Waals surface area (Å²) in [6.45, 7) is 1.66. The summed E-state index contributed by atoms with van der Waals surface area (Å²) in [5.41, 5.74) is 1.56. The molecule has 2 heterocycles. The molecule has 0 aromatic carbocycles. The lowest BCUT2D eigenvalue weighted by molar-refractivity contribution is 0.0701. The lowest BCUT2D eigenvalue weighted by Crippen LogP contribution is -2.12. The number of allylic oxidation sites excluding steroid dienone is 2. The van der Waals surface area contributed by atoms with Crippen LogP contribution in [0.3, 0.4) is 0 Å². The second kappa shape index (κ2) is 5.44. The number of carboxylic acid groups (broad SMARTS) is 1. The Morgan fingerprint density at radius 1 is 1.48 bits per heavy atom. The number of rotatable bonds is 3. The number of aromatic carboxylic acids is 1. The number of H-pyrrole nitrogens is 1. The van der Waals surface area contributed by atoms with Crippen molar-refractivity contribution in [1.29, 1.82) is 0 Å². The first-order valence-corrected chi connectivity index (χ1v) is 7.81. The molecule has 110 valence electrons. The molecule has 5 nitrogen and oxygen atoms in total. The average molecular weight is 304 g/mol. The molecule has 0 unspecified atom stereocenters. The maximum atomic E-state index is 12.2. The molecule has 2 aromatic rings. The number of aromatic amines is 1. The summed E-state index contributed by atoms with van der Waals surface area (Å²) in [7, 11) is 0. The Morgan fingerprint density at radius 2 is 2.29 bits per heavy atom. The van der Waals surface area contributed by atoms with Crippen molar-refractivity contribution in [2.45, 2.75) is 39.0 Å². The van der Waals surface area contributed by atoms with Crippen LogP contribution in [0.15, 0.2) is 16.4 Å². The predicted molar refractivity (Wildman–Crippen MR) is 82.2 cm³/mol. The number of thiophene rings is 1. The molecule has 0 amide bonds. The van der Waals surface area contributed by atoms with Crippen molar-refractivity contribution in [1.82, 2.24) is 9.97 Å². The van der Waals surface area contributed by atoms with Gasteiger partial charge in [0.1, 0.15) is 15.5 Å². The van der Waals surface area contributed by atoms with Gasteiger partial charge in [0.15, 0.2) is 0 Å². The normalized spacial score (nSPS) is 15.2. The van der Waals surface area contributed by atoms with Gasteiger partial charge in [-0.25, -0.2) is 9.78 Å². The van der Waals surface area contributed by atoms with Crippen molar-refractivity contribution in [2.75, 3.05) is 0 Å². The quantitative estimate of drug-likeness (QED) is 0.854. The van der Waals surface area contributed by atoms with Crippen molar-refractivity contribution < 1.29 is 9.90 Å². The Labute approximate surface area is 125 Å². The van der Waals surface area contributed by atoms with E-state index in [1.807, 2.05) is 0 Å². The van der Waals surface area contributed by atoms with E-state index in [-0.39, 0.29) is 10.4 Å². The summed E-state index contributed by atoms with van der Waals surface area (Å²) in [5, 5.41) is 9.55. The topological polar surface area (TPSA) is 83.0 Å². The zero-order valence-electron chi connectivity index (χ0n) is 11.7. The molecular formula is C15H16N2O3S. The van der Waals surface area contributed by atoms with Gasteiger partial charge in [0.25, 0.3) is 5.56 Å². The molecule has 0 saturated heterocycles. The number of nitrogens with one attached hydrogen (secondary N) is 1. The fourth-order valence-corrected chi connectivity index (χ4v) is 3.80. The highest BCUT2D eigenvalue weighted by Crippen LogP contribution is 2.27. The van der Waals surface area contributed by atoms with Crippen molar-refractivity contribution in [3.63, 3.8) is 0 Å². The van der Waals surface area contributed by atoms with Crippen LogP contribution in [0.25, 0.3) is 10.2 Å². The number of hydrogen-bond donors (Lipinski definition) is 2. The maximum absolute atomic E-state index is 12.2. The first kappa shape index (κ1) is 14.0. The monoisotopic (exact) mass is 304 g/mol. The minimum absolute atomic E-state index is 0.192. The van der Waals surface area contributed by atoms with Crippen molar-refractivity contribution in [2.24, 2.45) is 0 Å². The molecule has 0 atom stereocenters. The van der Waals surface area contributed by atoms with E-state index in [1.165, 1.54) is 18.4 Å². The molecular weight excluding hydrogens is 288 g/mol. The summed E-state index contributed by atoms with van der Waals surface area (Å²) in [6.07, 6.45) is 7.40. The van der Waals surface area contributed by atoms with Crippen LogP contribution >= 0.6 is 11.3 Å². The number of fused-ring (bicyclic) bond motifs is 1. The average Bonchev–Trinajstić information content (AvgIpc) is 2.77. The molecule has 1 aliphatic rings. The third-order valence-corrected chi connectivity index (χ3v) is 5.00. The van der Waals surface area contributed by atoms with E-state index in [4.69, 9.17) is 5.11 Å². The van der Waals surface area contributed by atoms with Crippen LogP contribution in [0.5, 0.6) is 0 Å². The minimum Gasteiger partial charge on any atom is -0.477 e. The Hall–Kier alpha value is -1.95. The Balaban J connectivity index is 2.04. The van der Waals surface area contributed by atoms with Crippen LogP contribution in [0, 0.1) is 6.92 Å². The van der Waals surface area contributed by atoms with Crippen molar-refractivity contribution in [3.8, 4) is 0 Å². The Kier molecular flexibility index (Phi) is 3.63. The van der Waals surface area contributed by atoms with E-state index >= 15 is 0 Å². The molecule has 0 fully saturated rings. The van der Waals surface area contributed by atoms with E-state index in [1.54, 1.807) is 6.92 Å². The van der Waals surface area contributed by atoms with E-state index in [9.17, 15) is 9.59 Å². The molecule has 0 aliphatic heterocycles.